The van der Waals surface area contributed by atoms with E-state index in [2.05, 4.69) is 11.9 Å². The van der Waals surface area contributed by atoms with Crippen molar-refractivity contribution in [2.24, 2.45) is 0 Å². The highest BCUT2D eigenvalue weighted by Gasteiger charge is 2.26. The van der Waals surface area contributed by atoms with E-state index in [-0.39, 0.29) is 18.5 Å². The number of carbonyl (C=O) groups is 1. The van der Waals surface area contributed by atoms with Gasteiger partial charge in [0.25, 0.3) is 0 Å². The monoisotopic (exact) mass is 473 g/mol. The Morgan fingerprint density at radius 1 is 1.03 bits per heavy atom. The van der Waals surface area contributed by atoms with E-state index in [9.17, 15) is 4.79 Å². The summed E-state index contributed by atoms with van der Waals surface area (Å²) in [6.45, 7) is 2.13. The van der Waals surface area contributed by atoms with Crippen LogP contribution >= 0.6 is 11.6 Å². The predicted octanol–water partition coefficient (Wildman–Crippen LogP) is 4.97. The molecule has 4 aromatic rings. The average Bonchev–Trinajstić information content (AvgIpc) is 3.24. The van der Waals surface area contributed by atoms with Crippen LogP contribution in [0.5, 0.6) is 0 Å². The summed E-state index contributed by atoms with van der Waals surface area (Å²) in [7, 11) is 4.02. The minimum Gasteiger partial charge on any atom is -0.341 e. The summed E-state index contributed by atoms with van der Waals surface area (Å²) in [6, 6.07) is 20.1. The molecule has 1 aliphatic heterocycles. The van der Waals surface area contributed by atoms with E-state index < -0.39 is 0 Å². The van der Waals surface area contributed by atoms with Crippen LogP contribution in [0, 0.1) is 0 Å². The van der Waals surface area contributed by atoms with Crippen molar-refractivity contribution in [2.75, 3.05) is 27.2 Å². The van der Waals surface area contributed by atoms with Gasteiger partial charge in [-0.25, -0.2) is 9.67 Å². The number of rotatable bonds is 5. The van der Waals surface area contributed by atoms with Gasteiger partial charge in [-0.1, -0.05) is 72.3 Å². The van der Waals surface area contributed by atoms with Gasteiger partial charge in [-0.15, -0.1) is 0 Å². The number of piperidine rings is 1. The predicted molar refractivity (Wildman–Crippen MR) is 137 cm³/mol. The third-order valence-electron chi connectivity index (χ3n) is 6.74. The molecule has 1 fully saturated rings. The van der Waals surface area contributed by atoms with Gasteiger partial charge in [-0.05, 0) is 38.5 Å². The number of likely N-dealkylation sites (tertiary alicyclic amines) is 1. The number of hydrogen-bond donors (Lipinski definition) is 0. The van der Waals surface area contributed by atoms with Crippen molar-refractivity contribution in [1.82, 2.24) is 24.6 Å². The molecule has 174 valence electrons. The molecule has 1 saturated heterocycles. The van der Waals surface area contributed by atoms with Gasteiger partial charge in [0.2, 0.25) is 5.91 Å². The molecule has 1 aliphatic rings. The summed E-state index contributed by atoms with van der Waals surface area (Å²) >= 11 is 6.99. The van der Waals surface area contributed by atoms with Gasteiger partial charge in [-0.3, -0.25) is 4.79 Å². The van der Waals surface area contributed by atoms with Crippen LogP contribution in [-0.2, 0) is 11.3 Å². The van der Waals surface area contributed by atoms with E-state index in [1.807, 2.05) is 72.6 Å². The van der Waals surface area contributed by atoms with Crippen LogP contribution in [0.25, 0.3) is 33.4 Å². The molecule has 34 heavy (non-hydrogen) atoms. The molecular formula is C27H28ClN5O. The zero-order valence-corrected chi connectivity index (χ0v) is 20.2. The zero-order valence-electron chi connectivity index (χ0n) is 19.5. The van der Waals surface area contributed by atoms with Crippen molar-refractivity contribution in [3.8, 4) is 22.4 Å². The first kappa shape index (κ1) is 22.6. The zero-order chi connectivity index (χ0) is 23.7. The Morgan fingerprint density at radius 3 is 2.29 bits per heavy atom. The fourth-order valence-electron chi connectivity index (χ4n) is 4.66. The number of carbonyl (C=O) groups excluding carboxylic acids is 1. The van der Waals surface area contributed by atoms with E-state index in [1.165, 1.54) is 0 Å². The number of benzene rings is 2. The molecule has 0 bridgehead atoms. The number of halogens is 1. The quantitative estimate of drug-likeness (QED) is 0.410. The molecule has 2 aromatic heterocycles. The molecule has 0 N–H and O–H groups in total. The smallest absolute Gasteiger partial charge is 0.244 e. The fraction of sp³-hybridized carbons (Fsp3) is 0.296. The first-order valence-corrected chi connectivity index (χ1v) is 12.0. The minimum absolute atomic E-state index is 0.0311. The number of fused-ring (bicyclic) bond motifs is 1. The maximum Gasteiger partial charge on any atom is 0.244 e. The molecule has 5 rings (SSSR count). The van der Waals surface area contributed by atoms with Crippen molar-refractivity contribution in [1.29, 1.82) is 0 Å². The second-order valence-electron chi connectivity index (χ2n) is 8.96. The number of nitrogens with zero attached hydrogens (tertiary/aromatic N) is 5. The summed E-state index contributed by atoms with van der Waals surface area (Å²) in [5.41, 5.74) is 4.14. The van der Waals surface area contributed by atoms with E-state index in [4.69, 9.17) is 21.7 Å². The average molecular weight is 474 g/mol. The summed E-state index contributed by atoms with van der Waals surface area (Å²) in [4.78, 5) is 22.2. The first-order valence-electron chi connectivity index (χ1n) is 11.6. The normalized spacial score (nSPS) is 15.0. The molecule has 0 atom stereocenters. The number of pyridine rings is 1. The van der Waals surface area contributed by atoms with E-state index in [1.54, 1.807) is 10.9 Å². The van der Waals surface area contributed by atoms with Gasteiger partial charge in [-0.2, -0.15) is 5.10 Å². The SMILES string of the molecule is CN1CCC(N(C)C(=O)Cn2nc(-c3ccccc3)c3c(Cl)c(-c4ccccc4)cnc32)CC1. The molecule has 0 radical (unpaired) electrons. The highest BCUT2D eigenvalue weighted by atomic mass is 35.5. The van der Waals surface area contributed by atoms with E-state index in [0.717, 1.165) is 53.7 Å². The maximum absolute atomic E-state index is 13.2. The summed E-state index contributed by atoms with van der Waals surface area (Å²) in [5, 5.41) is 6.21. The molecule has 2 aromatic carbocycles. The molecule has 0 aliphatic carbocycles. The lowest BCUT2D eigenvalue weighted by Crippen LogP contribution is -2.45. The second kappa shape index (κ2) is 9.57. The van der Waals surface area contributed by atoms with Gasteiger partial charge in [0.15, 0.2) is 5.65 Å². The standard InChI is InChI=1S/C27H28ClN5O/c1-31-15-13-21(14-16-31)32(2)23(34)18-33-27-24(26(30-33)20-11-7-4-8-12-20)25(28)22(17-29-27)19-9-5-3-6-10-19/h3-12,17,21H,13-16,18H2,1-2H3. The molecule has 0 unspecified atom stereocenters. The van der Waals surface area contributed by atoms with Crippen molar-refractivity contribution < 1.29 is 4.79 Å². The molecule has 0 spiro atoms. The Balaban J connectivity index is 1.55. The van der Waals surface area contributed by atoms with E-state index in [0.29, 0.717) is 10.7 Å². The lowest BCUT2D eigenvalue weighted by Gasteiger charge is -2.35. The van der Waals surface area contributed by atoms with Crippen LogP contribution in [-0.4, -0.2) is 63.7 Å². The second-order valence-corrected chi connectivity index (χ2v) is 9.34. The molecule has 6 nitrogen and oxygen atoms in total. The lowest BCUT2D eigenvalue weighted by molar-refractivity contribution is -0.133. The van der Waals surface area contributed by atoms with Crippen LogP contribution in [0.2, 0.25) is 5.02 Å². The topological polar surface area (TPSA) is 54.3 Å². The van der Waals surface area contributed by atoms with Gasteiger partial charge in [0.1, 0.15) is 12.2 Å². The van der Waals surface area contributed by atoms with Crippen LogP contribution in [0.4, 0.5) is 0 Å². The van der Waals surface area contributed by atoms with Crippen LogP contribution in [0.15, 0.2) is 66.9 Å². The summed E-state index contributed by atoms with van der Waals surface area (Å²) in [5.74, 6) is 0.0311. The van der Waals surface area contributed by atoms with E-state index >= 15 is 0 Å². The summed E-state index contributed by atoms with van der Waals surface area (Å²) < 4.78 is 1.70. The number of aromatic nitrogens is 3. The lowest BCUT2D eigenvalue weighted by atomic mass is 10.0. The molecular weight excluding hydrogens is 446 g/mol. The molecule has 3 heterocycles. The molecule has 7 heteroatoms. The van der Waals surface area contributed by atoms with Crippen LogP contribution < -0.4 is 0 Å². The maximum atomic E-state index is 13.2. The van der Waals surface area contributed by atoms with Crippen molar-refractivity contribution in [2.45, 2.75) is 25.4 Å². The first-order chi connectivity index (χ1) is 16.5. The Morgan fingerprint density at radius 2 is 1.65 bits per heavy atom. The number of amides is 1. The van der Waals surface area contributed by atoms with Gasteiger partial charge in [0.05, 0.1) is 10.4 Å². The third-order valence-corrected chi connectivity index (χ3v) is 7.14. The third kappa shape index (κ3) is 4.31. The highest BCUT2D eigenvalue weighted by Crippen LogP contribution is 2.38. The van der Waals surface area contributed by atoms with Crippen molar-refractivity contribution in [3.63, 3.8) is 0 Å². The highest BCUT2D eigenvalue weighted by molar-refractivity contribution is 6.39. The number of likely N-dealkylation sites (N-methyl/N-ethyl adjacent to an activating group) is 1. The fourth-order valence-corrected chi connectivity index (χ4v) is 4.99. The Hall–Kier alpha value is -3.22. The van der Waals surface area contributed by atoms with Gasteiger partial charge < -0.3 is 9.80 Å². The van der Waals surface area contributed by atoms with Crippen molar-refractivity contribution in [3.05, 3.63) is 71.9 Å². The molecule has 0 saturated carbocycles. The van der Waals surface area contributed by atoms with Crippen LogP contribution in [0.3, 0.4) is 0 Å². The number of hydrogen-bond acceptors (Lipinski definition) is 4. The van der Waals surface area contributed by atoms with Crippen LogP contribution in [0.1, 0.15) is 12.8 Å². The largest absolute Gasteiger partial charge is 0.341 e. The minimum atomic E-state index is 0.0311. The molecule has 1 amide bonds. The van der Waals surface area contributed by atoms with Gasteiger partial charge in [0, 0.05) is 30.4 Å². The Labute approximate surface area is 204 Å². The van der Waals surface area contributed by atoms with Crippen molar-refractivity contribution >= 4 is 28.5 Å². The Bertz CT molecular complexity index is 1300. The Kier molecular flexibility index (Phi) is 6.35. The summed E-state index contributed by atoms with van der Waals surface area (Å²) in [6.07, 6.45) is 3.74. The van der Waals surface area contributed by atoms with Gasteiger partial charge >= 0.3 is 0 Å².